The Morgan fingerprint density at radius 2 is 1.73 bits per heavy atom. The maximum absolute atomic E-state index is 13.5. The van der Waals surface area contributed by atoms with Crippen molar-refractivity contribution in [1.82, 2.24) is 15.3 Å². The predicted octanol–water partition coefficient (Wildman–Crippen LogP) is 6.93. The van der Waals surface area contributed by atoms with Crippen LogP contribution in [0.5, 0.6) is 5.75 Å². The van der Waals surface area contributed by atoms with E-state index in [4.69, 9.17) is 9.15 Å². The highest BCUT2D eigenvalue weighted by Gasteiger charge is 2.48. The molecule has 3 aromatic carbocycles. The first-order valence-corrected chi connectivity index (χ1v) is 13.9. The number of hydrogen-bond donors (Lipinski definition) is 1. The summed E-state index contributed by atoms with van der Waals surface area (Å²) in [7, 11) is 1.61. The van der Waals surface area contributed by atoms with Gasteiger partial charge in [-0.05, 0) is 50.5 Å². The Morgan fingerprint density at radius 3 is 2.41 bits per heavy atom. The van der Waals surface area contributed by atoms with Gasteiger partial charge in [-0.15, -0.1) is 0 Å². The average Bonchev–Trinajstić information content (AvgIpc) is 3.69. The van der Waals surface area contributed by atoms with Crippen LogP contribution in [-0.4, -0.2) is 35.3 Å². The fourth-order valence-electron chi connectivity index (χ4n) is 5.36. The average molecular weight is 546 g/mol. The zero-order valence-electron chi connectivity index (χ0n) is 23.4. The van der Waals surface area contributed by atoms with Gasteiger partial charge in [-0.3, -0.25) is 9.59 Å². The third-order valence-electron chi connectivity index (χ3n) is 7.75. The van der Waals surface area contributed by atoms with Crippen LogP contribution in [0.25, 0.3) is 33.4 Å². The second-order valence-electron chi connectivity index (χ2n) is 10.6. The molecule has 1 aliphatic carbocycles. The number of furan rings is 1. The lowest BCUT2D eigenvalue weighted by Crippen LogP contribution is -2.18. The van der Waals surface area contributed by atoms with E-state index in [0.717, 1.165) is 40.9 Å². The van der Waals surface area contributed by atoms with Crippen molar-refractivity contribution >= 4 is 22.7 Å². The lowest BCUT2D eigenvalue weighted by atomic mass is 9.92. The Morgan fingerprint density at radius 1 is 0.976 bits per heavy atom. The van der Waals surface area contributed by atoms with Crippen molar-refractivity contribution in [2.45, 2.75) is 38.5 Å². The van der Waals surface area contributed by atoms with Crippen LogP contribution in [0.2, 0.25) is 0 Å². The van der Waals surface area contributed by atoms with Crippen molar-refractivity contribution < 1.29 is 18.7 Å². The molecular formula is C34H31N3O4. The van der Waals surface area contributed by atoms with Gasteiger partial charge in [-0.2, -0.15) is 0 Å². The lowest BCUT2D eigenvalue weighted by molar-refractivity contribution is 0.0958. The van der Waals surface area contributed by atoms with Crippen LogP contribution in [0.15, 0.2) is 83.5 Å². The molecule has 6 rings (SSSR count). The highest BCUT2D eigenvalue weighted by Crippen LogP contribution is 2.50. The minimum absolute atomic E-state index is 0.0480. The second kappa shape index (κ2) is 10.7. The van der Waals surface area contributed by atoms with Crippen LogP contribution in [0.1, 0.15) is 58.3 Å². The van der Waals surface area contributed by atoms with E-state index in [0.29, 0.717) is 46.6 Å². The Balaban J connectivity index is 1.43. The molecule has 1 amide bonds. The second-order valence-corrected chi connectivity index (χ2v) is 10.6. The Labute approximate surface area is 238 Å². The summed E-state index contributed by atoms with van der Waals surface area (Å²) in [4.78, 5) is 35.5. The van der Waals surface area contributed by atoms with E-state index < -0.39 is 0 Å². The molecule has 7 nitrogen and oxygen atoms in total. The maximum Gasteiger partial charge on any atom is 0.255 e. The molecule has 5 aromatic rings. The maximum atomic E-state index is 13.5. The summed E-state index contributed by atoms with van der Waals surface area (Å²) in [6.45, 7) is 4.39. The van der Waals surface area contributed by atoms with Crippen molar-refractivity contribution in [2.24, 2.45) is 0 Å². The highest BCUT2D eigenvalue weighted by molar-refractivity contribution is 6.12. The summed E-state index contributed by atoms with van der Waals surface area (Å²) >= 11 is 0. The molecule has 0 aliphatic heterocycles. The van der Waals surface area contributed by atoms with Crippen LogP contribution < -0.4 is 10.1 Å². The molecule has 2 heterocycles. The SMILES string of the molecule is CCOc1cc2oc(-c3ccc(C)cc3)c(C(=O)NC)c2cc1-c1cccc(C(=O)CC2(c3ncccn3)CC2)c1. The molecule has 0 saturated heterocycles. The monoisotopic (exact) mass is 545 g/mol. The van der Waals surface area contributed by atoms with Gasteiger partial charge in [0.2, 0.25) is 0 Å². The van der Waals surface area contributed by atoms with Gasteiger partial charge < -0.3 is 14.5 Å². The van der Waals surface area contributed by atoms with Crippen molar-refractivity contribution in [3.63, 3.8) is 0 Å². The van der Waals surface area contributed by atoms with Gasteiger partial charge in [0.25, 0.3) is 5.91 Å². The van der Waals surface area contributed by atoms with Crippen molar-refractivity contribution in [2.75, 3.05) is 13.7 Å². The number of nitrogens with zero attached hydrogens (tertiary/aromatic N) is 2. The van der Waals surface area contributed by atoms with E-state index in [9.17, 15) is 9.59 Å². The first-order chi connectivity index (χ1) is 19.9. The normalized spacial score (nSPS) is 13.6. The van der Waals surface area contributed by atoms with E-state index in [1.54, 1.807) is 25.5 Å². The molecule has 1 fully saturated rings. The van der Waals surface area contributed by atoms with E-state index in [2.05, 4.69) is 15.3 Å². The molecule has 41 heavy (non-hydrogen) atoms. The predicted molar refractivity (Wildman–Crippen MR) is 158 cm³/mol. The Kier molecular flexibility index (Phi) is 6.87. The van der Waals surface area contributed by atoms with Gasteiger partial charge in [-0.25, -0.2) is 9.97 Å². The van der Waals surface area contributed by atoms with Crippen molar-refractivity contribution in [3.05, 3.63) is 102 Å². The number of Topliss-reactive ketones (excluding diaryl/α,β-unsaturated/α-hetero) is 1. The number of ketones is 1. The molecule has 1 saturated carbocycles. The van der Waals surface area contributed by atoms with Gasteiger partial charge >= 0.3 is 0 Å². The highest BCUT2D eigenvalue weighted by atomic mass is 16.5. The molecule has 0 unspecified atom stereocenters. The van der Waals surface area contributed by atoms with E-state index in [1.165, 1.54) is 0 Å². The molecule has 7 heteroatoms. The third kappa shape index (κ3) is 4.99. The summed E-state index contributed by atoms with van der Waals surface area (Å²) < 4.78 is 12.3. The number of aryl methyl sites for hydroxylation is 1. The molecule has 1 aliphatic rings. The van der Waals surface area contributed by atoms with Crippen molar-refractivity contribution in [3.8, 4) is 28.2 Å². The lowest BCUT2D eigenvalue weighted by Gasteiger charge is -2.14. The summed E-state index contributed by atoms with van der Waals surface area (Å²) in [6, 6.07) is 21.0. The number of aromatic nitrogens is 2. The van der Waals surface area contributed by atoms with Crippen molar-refractivity contribution in [1.29, 1.82) is 0 Å². The minimum atomic E-state index is -0.282. The Bertz CT molecular complexity index is 1750. The molecule has 2 aromatic heterocycles. The molecule has 0 radical (unpaired) electrons. The standard InChI is InChI=1S/C34H31N3O4/c1-4-40-28-19-29-26(30(32(39)35-3)31(41-29)22-11-9-21(2)10-12-22)18-25(28)23-7-5-8-24(17-23)27(38)20-34(13-14-34)33-36-15-6-16-37-33/h5-12,15-19H,4,13-14,20H2,1-3H3,(H,35,39). The van der Waals surface area contributed by atoms with E-state index in [-0.39, 0.29) is 17.1 Å². The number of hydrogen-bond acceptors (Lipinski definition) is 6. The number of ether oxygens (including phenoxy) is 1. The molecule has 0 bridgehead atoms. The van der Waals surface area contributed by atoms with Gasteiger partial charge in [-0.1, -0.05) is 48.0 Å². The van der Waals surface area contributed by atoms with Crippen LogP contribution in [0.3, 0.4) is 0 Å². The number of carbonyl (C=O) groups excluding carboxylic acids is 2. The number of benzene rings is 3. The minimum Gasteiger partial charge on any atom is -0.493 e. The molecule has 0 spiro atoms. The van der Waals surface area contributed by atoms with Gasteiger partial charge in [0.1, 0.15) is 22.9 Å². The van der Waals surface area contributed by atoms with Crippen LogP contribution in [0, 0.1) is 6.92 Å². The van der Waals surface area contributed by atoms with Crippen LogP contribution in [0.4, 0.5) is 0 Å². The molecular weight excluding hydrogens is 514 g/mol. The summed E-state index contributed by atoms with van der Waals surface area (Å²) in [5.74, 6) is 1.66. The fraction of sp³-hybridized carbons (Fsp3) is 0.235. The van der Waals surface area contributed by atoms with Gasteiger partial charge in [0.15, 0.2) is 5.78 Å². The number of nitrogens with one attached hydrogen (secondary N) is 1. The molecule has 1 N–H and O–H groups in total. The fourth-order valence-corrected chi connectivity index (χ4v) is 5.36. The zero-order valence-corrected chi connectivity index (χ0v) is 23.4. The van der Waals surface area contributed by atoms with Crippen LogP contribution >= 0.6 is 0 Å². The first-order valence-electron chi connectivity index (χ1n) is 13.9. The van der Waals surface area contributed by atoms with Crippen LogP contribution in [-0.2, 0) is 5.41 Å². The van der Waals surface area contributed by atoms with Gasteiger partial charge in [0, 0.05) is 59.4 Å². The zero-order chi connectivity index (χ0) is 28.6. The quantitative estimate of drug-likeness (QED) is 0.202. The number of amides is 1. The first kappa shape index (κ1) is 26.4. The largest absolute Gasteiger partial charge is 0.493 e. The molecule has 0 atom stereocenters. The van der Waals surface area contributed by atoms with E-state index in [1.807, 2.05) is 74.5 Å². The number of carbonyl (C=O) groups is 2. The number of rotatable bonds is 9. The summed E-state index contributed by atoms with van der Waals surface area (Å²) in [5.41, 5.74) is 4.88. The topological polar surface area (TPSA) is 94.3 Å². The van der Waals surface area contributed by atoms with E-state index >= 15 is 0 Å². The molecule has 206 valence electrons. The number of fused-ring (bicyclic) bond motifs is 1. The Hall–Kier alpha value is -4.78. The smallest absolute Gasteiger partial charge is 0.255 e. The summed E-state index contributed by atoms with van der Waals surface area (Å²) in [5, 5.41) is 3.43. The van der Waals surface area contributed by atoms with Gasteiger partial charge in [0.05, 0.1) is 12.2 Å². The third-order valence-corrected chi connectivity index (χ3v) is 7.75. The summed E-state index contributed by atoms with van der Waals surface area (Å²) in [6.07, 6.45) is 5.62.